The molecule has 4 nitrogen and oxygen atoms in total. The van der Waals surface area contributed by atoms with Gasteiger partial charge in [-0.3, -0.25) is 0 Å². The maximum atomic E-state index is 10.3. The van der Waals surface area contributed by atoms with E-state index in [-0.39, 0.29) is 0 Å². The van der Waals surface area contributed by atoms with E-state index in [4.69, 9.17) is 0 Å². The molecule has 0 radical (unpaired) electrons. The van der Waals surface area contributed by atoms with E-state index in [0.29, 0.717) is 6.54 Å². The minimum absolute atomic E-state index is 0.476. The van der Waals surface area contributed by atoms with Gasteiger partial charge in [0.25, 0.3) is 0 Å². The number of rotatable bonds is 8. The number of aryl methyl sites for hydroxylation is 1. The zero-order valence-electron chi connectivity index (χ0n) is 13.5. The standard InChI is InChI=1S/C17H25N3OS/c1-4-20(5-2)17-19-11-14(22-17)10-18-12-16(21)15-9-7-6-8-13(15)3/h6-9,11,16,18,21H,4-5,10,12H2,1-3H3. The van der Waals surface area contributed by atoms with Crippen molar-refractivity contribution in [2.24, 2.45) is 0 Å². The molecule has 0 aliphatic carbocycles. The Labute approximate surface area is 136 Å². The summed E-state index contributed by atoms with van der Waals surface area (Å²) in [6, 6.07) is 7.96. The van der Waals surface area contributed by atoms with E-state index in [1.54, 1.807) is 11.3 Å². The molecule has 0 fully saturated rings. The molecule has 1 heterocycles. The van der Waals surface area contributed by atoms with Gasteiger partial charge < -0.3 is 15.3 Å². The highest BCUT2D eigenvalue weighted by Gasteiger charge is 2.11. The largest absolute Gasteiger partial charge is 0.387 e. The van der Waals surface area contributed by atoms with Gasteiger partial charge in [0.05, 0.1) is 6.10 Å². The highest BCUT2D eigenvalue weighted by molar-refractivity contribution is 7.15. The SMILES string of the molecule is CCN(CC)c1ncc(CNCC(O)c2ccccc2C)s1. The number of aliphatic hydroxyl groups excluding tert-OH is 1. The number of anilines is 1. The molecule has 1 atom stereocenters. The third-order valence-electron chi connectivity index (χ3n) is 3.76. The van der Waals surface area contributed by atoms with Gasteiger partial charge in [-0.2, -0.15) is 0 Å². The molecule has 0 saturated heterocycles. The first-order chi connectivity index (χ1) is 10.7. The number of nitrogens with zero attached hydrogens (tertiary/aromatic N) is 2. The molecule has 5 heteroatoms. The summed E-state index contributed by atoms with van der Waals surface area (Å²) in [6.07, 6.45) is 1.45. The summed E-state index contributed by atoms with van der Waals surface area (Å²) < 4.78 is 0. The summed E-state index contributed by atoms with van der Waals surface area (Å²) in [6.45, 7) is 9.54. The zero-order valence-corrected chi connectivity index (χ0v) is 14.4. The van der Waals surface area contributed by atoms with Crippen LogP contribution in [0.25, 0.3) is 0 Å². The molecular formula is C17H25N3OS. The number of hydrogen-bond acceptors (Lipinski definition) is 5. The van der Waals surface area contributed by atoms with E-state index in [1.807, 2.05) is 37.4 Å². The number of thiazole rings is 1. The molecule has 0 amide bonds. The molecule has 1 unspecified atom stereocenters. The first-order valence-electron chi connectivity index (χ1n) is 7.79. The molecule has 1 aromatic heterocycles. The molecule has 2 rings (SSSR count). The summed E-state index contributed by atoms with van der Waals surface area (Å²) in [5.41, 5.74) is 2.11. The molecule has 0 spiro atoms. The number of aliphatic hydroxyl groups is 1. The first kappa shape index (κ1) is 16.9. The van der Waals surface area contributed by atoms with Gasteiger partial charge in [-0.1, -0.05) is 24.3 Å². The minimum Gasteiger partial charge on any atom is -0.387 e. The lowest BCUT2D eigenvalue weighted by Crippen LogP contribution is -2.21. The van der Waals surface area contributed by atoms with Gasteiger partial charge in [0.1, 0.15) is 0 Å². The Morgan fingerprint density at radius 1 is 1.27 bits per heavy atom. The summed E-state index contributed by atoms with van der Waals surface area (Å²) >= 11 is 1.71. The van der Waals surface area contributed by atoms with Gasteiger partial charge in [0.2, 0.25) is 0 Å². The van der Waals surface area contributed by atoms with Gasteiger partial charge in [0.15, 0.2) is 5.13 Å². The maximum absolute atomic E-state index is 10.3. The molecule has 120 valence electrons. The monoisotopic (exact) mass is 319 g/mol. The van der Waals surface area contributed by atoms with Gasteiger partial charge in [0, 0.05) is 37.3 Å². The van der Waals surface area contributed by atoms with E-state index in [0.717, 1.165) is 35.9 Å². The lowest BCUT2D eigenvalue weighted by atomic mass is 10.0. The van der Waals surface area contributed by atoms with Crippen LogP contribution in [0.5, 0.6) is 0 Å². The van der Waals surface area contributed by atoms with E-state index in [1.165, 1.54) is 4.88 Å². The van der Waals surface area contributed by atoms with Crippen LogP contribution in [0.4, 0.5) is 5.13 Å². The Morgan fingerprint density at radius 2 is 2.00 bits per heavy atom. The number of hydrogen-bond donors (Lipinski definition) is 2. The molecule has 2 N–H and O–H groups in total. The second-order valence-electron chi connectivity index (χ2n) is 5.28. The highest BCUT2D eigenvalue weighted by atomic mass is 32.1. The van der Waals surface area contributed by atoms with Crippen molar-refractivity contribution in [1.82, 2.24) is 10.3 Å². The Kier molecular flexibility index (Phi) is 6.36. The molecule has 0 aliphatic rings. The third-order valence-corrected chi connectivity index (χ3v) is 4.82. The lowest BCUT2D eigenvalue weighted by molar-refractivity contribution is 0.174. The van der Waals surface area contributed by atoms with Crippen molar-refractivity contribution in [2.75, 3.05) is 24.5 Å². The number of nitrogens with one attached hydrogen (secondary N) is 1. The van der Waals surface area contributed by atoms with Crippen molar-refractivity contribution in [3.63, 3.8) is 0 Å². The predicted molar refractivity (Wildman–Crippen MR) is 93.5 cm³/mol. The van der Waals surface area contributed by atoms with E-state index < -0.39 is 6.10 Å². The van der Waals surface area contributed by atoms with Crippen molar-refractivity contribution in [1.29, 1.82) is 0 Å². The van der Waals surface area contributed by atoms with Crippen LogP contribution in [0.15, 0.2) is 30.5 Å². The molecule has 1 aromatic carbocycles. The molecule has 0 bridgehead atoms. The van der Waals surface area contributed by atoms with Crippen molar-refractivity contribution in [2.45, 2.75) is 33.4 Å². The Hall–Kier alpha value is -1.43. The quantitative estimate of drug-likeness (QED) is 0.785. The van der Waals surface area contributed by atoms with Gasteiger partial charge in [-0.25, -0.2) is 4.98 Å². The minimum atomic E-state index is -0.476. The fourth-order valence-corrected chi connectivity index (χ4v) is 3.43. The number of benzene rings is 1. The predicted octanol–water partition coefficient (Wildman–Crippen LogP) is 3.12. The fraction of sp³-hybridized carbons (Fsp3) is 0.471. The van der Waals surface area contributed by atoms with Crippen LogP contribution in [-0.4, -0.2) is 29.7 Å². The lowest BCUT2D eigenvalue weighted by Gasteiger charge is -2.16. The molecule has 0 aliphatic heterocycles. The zero-order chi connectivity index (χ0) is 15.9. The van der Waals surface area contributed by atoms with Gasteiger partial charge >= 0.3 is 0 Å². The third kappa shape index (κ3) is 4.29. The van der Waals surface area contributed by atoms with Crippen molar-refractivity contribution < 1.29 is 5.11 Å². The smallest absolute Gasteiger partial charge is 0.185 e. The van der Waals surface area contributed by atoms with E-state index in [2.05, 4.69) is 29.0 Å². The van der Waals surface area contributed by atoms with Crippen LogP contribution in [0.1, 0.15) is 36.0 Å². The Bertz CT molecular complexity index is 581. The van der Waals surface area contributed by atoms with Crippen molar-refractivity contribution in [3.05, 3.63) is 46.5 Å². The Balaban J connectivity index is 1.85. The van der Waals surface area contributed by atoms with Gasteiger partial charge in [-0.15, -0.1) is 11.3 Å². The fourth-order valence-electron chi connectivity index (χ4n) is 2.42. The second-order valence-corrected chi connectivity index (χ2v) is 6.38. The van der Waals surface area contributed by atoms with Crippen LogP contribution < -0.4 is 10.2 Å². The molecule has 22 heavy (non-hydrogen) atoms. The second kappa shape index (κ2) is 8.27. The summed E-state index contributed by atoms with van der Waals surface area (Å²) in [5.74, 6) is 0. The normalized spacial score (nSPS) is 12.4. The average Bonchev–Trinajstić information content (AvgIpc) is 2.97. The van der Waals surface area contributed by atoms with Crippen LogP contribution in [0.3, 0.4) is 0 Å². The van der Waals surface area contributed by atoms with E-state index >= 15 is 0 Å². The van der Waals surface area contributed by atoms with E-state index in [9.17, 15) is 5.11 Å². The molecule has 2 aromatic rings. The number of aromatic nitrogens is 1. The summed E-state index contributed by atoms with van der Waals surface area (Å²) in [5, 5.41) is 14.7. The molecular weight excluding hydrogens is 294 g/mol. The van der Waals surface area contributed by atoms with Crippen LogP contribution in [0, 0.1) is 6.92 Å². The van der Waals surface area contributed by atoms with Crippen molar-refractivity contribution >= 4 is 16.5 Å². The average molecular weight is 319 g/mol. The highest BCUT2D eigenvalue weighted by Crippen LogP contribution is 2.22. The van der Waals surface area contributed by atoms with Crippen molar-refractivity contribution in [3.8, 4) is 0 Å². The molecule has 0 saturated carbocycles. The van der Waals surface area contributed by atoms with Crippen LogP contribution >= 0.6 is 11.3 Å². The van der Waals surface area contributed by atoms with Crippen LogP contribution in [-0.2, 0) is 6.54 Å². The summed E-state index contributed by atoms with van der Waals surface area (Å²) in [4.78, 5) is 7.91. The topological polar surface area (TPSA) is 48.4 Å². The summed E-state index contributed by atoms with van der Waals surface area (Å²) in [7, 11) is 0. The first-order valence-corrected chi connectivity index (χ1v) is 8.61. The maximum Gasteiger partial charge on any atom is 0.185 e. The Morgan fingerprint density at radius 3 is 2.68 bits per heavy atom. The van der Waals surface area contributed by atoms with Gasteiger partial charge in [-0.05, 0) is 31.9 Å². The van der Waals surface area contributed by atoms with Crippen LogP contribution in [0.2, 0.25) is 0 Å².